The molecule has 0 fully saturated rings. The van der Waals surface area contributed by atoms with Crippen molar-refractivity contribution < 1.29 is 19.0 Å². The van der Waals surface area contributed by atoms with Crippen LogP contribution >= 0.6 is 8.58 Å². The molecule has 2 aromatic rings. The van der Waals surface area contributed by atoms with Gasteiger partial charge < -0.3 is 14.2 Å². The number of benzene rings is 2. The summed E-state index contributed by atoms with van der Waals surface area (Å²) >= 11 is 0. The Morgan fingerprint density at radius 1 is 0.667 bits per heavy atom. The van der Waals surface area contributed by atoms with Gasteiger partial charge in [0.15, 0.2) is 5.52 Å². The molecule has 1 atom stereocenters. The summed E-state index contributed by atoms with van der Waals surface area (Å²) in [5.74, 6) is 1.90. The van der Waals surface area contributed by atoms with Crippen LogP contribution in [-0.4, -0.2) is 22.3 Å². The van der Waals surface area contributed by atoms with Crippen LogP contribution in [0.3, 0.4) is 0 Å². The van der Waals surface area contributed by atoms with Crippen LogP contribution in [0.25, 0.3) is 0 Å². The smallest absolute Gasteiger partial charge is 0.186 e. The number of hydrogen-bond donors (Lipinski definition) is 0. The lowest BCUT2D eigenvalue weighted by molar-refractivity contribution is 0.107. The Morgan fingerprint density at radius 3 is 1.42 bits per heavy atom. The average Bonchev–Trinajstić information content (AvgIpc) is 2.52. The van der Waals surface area contributed by atoms with Crippen LogP contribution in [0.4, 0.5) is 0 Å². The normalized spacial score (nSPS) is 12.8. The third kappa shape index (κ3) is 8.34. The lowest BCUT2D eigenvalue weighted by Gasteiger charge is -2.29. The van der Waals surface area contributed by atoms with Crippen molar-refractivity contribution in [1.29, 1.82) is 0 Å². The lowest BCUT2D eigenvalue weighted by Crippen LogP contribution is -2.29. The minimum atomic E-state index is -0.447. The fourth-order valence-electron chi connectivity index (χ4n) is 3.64. The highest BCUT2D eigenvalue weighted by atomic mass is 31.1. The molecule has 0 amide bonds. The van der Waals surface area contributed by atoms with Gasteiger partial charge in [0.05, 0.1) is 5.30 Å². The fourth-order valence-corrected chi connectivity index (χ4v) is 4.88. The Kier molecular flexibility index (Phi) is 7.96. The first-order chi connectivity index (χ1) is 14.8. The molecule has 0 N–H and O–H groups in total. The van der Waals surface area contributed by atoms with Crippen LogP contribution in [0.1, 0.15) is 89.4 Å². The average molecular weight is 473 g/mol. The molecule has 2 rings (SSSR count). The first-order valence-electron chi connectivity index (χ1n) is 11.5. The van der Waals surface area contributed by atoms with Gasteiger partial charge in [0.1, 0.15) is 34.1 Å². The van der Waals surface area contributed by atoms with Gasteiger partial charge in [-0.2, -0.15) is 0 Å². The van der Waals surface area contributed by atoms with Gasteiger partial charge in [0.2, 0.25) is 0 Å². The third-order valence-electron chi connectivity index (χ3n) is 4.44. The maximum Gasteiger partial charge on any atom is 0.186 e. The van der Waals surface area contributed by atoms with E-state index in [1.54, 1.807) is 0 Å². The van der Waals surface area contributed by atoms with Crippen LogP contribution in [0.15, 0.2) is 24.3 Å². The number of carbonyl (C=O) groups excluding carboxylic acids is 1. The molecular weight excluding hydrogens is 431 g/mol. The predicted octanol–water partition coefficient (Wildman–Crippen LogP) is 7.29. The quantitative estimate of drug-likeness (QED) is 0.414. The minimum Gasteiger partial charge on any atom is -0.488 e. The predicted molar refractivity (Wildman–Crippen MR) is 141 cm³/mol. The van der Waals surface area contributed by atoms with Gasteiger partial charge in [-0.05, 0) is 103 Å². The highest BCUT2D eigenvalue weighted by molar-refractivity contribution is 7.66. The summed E-state index contributed by atoms with van der Waals surface area (Å²) in [4.78, 5) is 13.6. The Hall–Kier alpha value is -2.06. The van der Waals surface area contributed by atoms with Gasteiger partial charge >= 0.3 is 0 Å². The van der Waals surface area contributed by atoms with Crippen LogP contribution in [0.2, 0.25) is 0 Å². The zero-order valence-corrected chi connectivity index (χ0v) is 23.4. The molecule has 1 unspecified atom stereocenters. The SMILES string of the molecule is Cc1cc(C)c(C(=O)Pc2c(OC(C)(C)C)cc(OC(C)(C)C)cc2OC(C)(C)C)c(C)c1. The summed E-state index contributed by atoms with van der Waals surface area (Å²) in [6, 6.07) is 7.89. The summed E-state index contributed by atoms with van der Waals surface area (Å²) in [5, 5.41) is 0.769. The molecular formula is C28H41O4P. The zero-order chi connectivity index (χ0) is 25.4. The van der Waals surface area contributed by atoms with E-state index < -0.39 is 11.2 Å². The topological polar surface area (TPSA) is 44.8 Å². The van der Waals surface area contributed by atoms with E-state index in [1.807, 2.05) is 88.3 Å². The first kappa shape index (κ1) is 27.2. The van der Waals surface area contributed by atoms with E-state index in [1.165, 1.54) is 0 Å². The van der Waals surface area contributed by atoms with Crippen LogP contribution in [0.5, 0.6) is 17.2 Å². The van der Waals surface area contributed by atoms with Crippen molar-refractivity contribution in [2.75, 3.05) is 0 Å². The summed E-state index contributed by atoms with van der Waals surface area (Å²) in [7, 11) is -0.145. The Bertz CT molecular complexity index is 958. The maximum absolute atomic E-state index is 13.6. The molecule has 5 heteroatoms. The van der Waals surface area contributed by atoms with Crippen LogP contribution in [-0.2, 0) is 0 Å². The highest BCUT2D eigenvalue weighted by Gasteiger charge is 2.27. The van der Waals surface area contributed by atoms with E-state index in [4.69, 9.17) is 14.2 Å². The molecule has 0 aromatic heterocycles. The van der Waals surface area contributed by atoms with Gasteiger partial charge in [0, 0.05) is 17.7 Å². The van der Waals surface area contributed by atoms with Crippen molar-refractivity contribution in [3.8, 4) is 17.2 Å². The molecule has 0 heterocycles. The fraction of sp³-hybridized carbons (Fsp3) is 0.536. The number of aryl methyl sites for hydroxylation is 3. The number of hydrogen-bond acceptors (Lipinski definition) is 4. The molecule has 0 radical (unpaired) electrons. The second-order valence-corrected chi connectivity index (χ2v) is 12.9. The highest BCUT2D eigenvalue weighted by Crippen LogP contribution is 2.38. The second kappa shape index (κ2) is 9.66. The molecule has 0 saturated heterocycles. The summed E-state index contributed by atoms with van der Waals surface area (Å²) in [6.45, 7) is 24.0. The molecule has 0 bridgehead atoms. The lowest BCUT2D eigenvalue weighted by atomic mass is 10.0. The standard InChI is InChI=1S/C28H41O4P/c1-17-13-18(2)23(19(3)14-17)25(29)33-24-21(31-27(7,8)9)15-20(30-26(4,5)6)16-22(24)32-28(10,11)12/h13-16,33H,1-12H3. The Balaban J connectivity index is 2.67. The van der Waals surface area contributed by atoms with Gasteiger partial charge in [-0.3, -0.25) is 4.79 Å². The number of ether oxygens (including phenoxy) is 3. The monoisotopic (exact) mass is 472 g/mol. The van der Waals surface area contributed by atoms with Crippen molar-refractivity contribution in [2.45, 2.75) is 99.9 Å². The molecule has 0 aliphatic rings. The molecule has 33 heavy (non-hydrogen) atoms. The van der Waals surface area contributed by atoms with Crippen molar-refractivity contribution >= 4 is 19.4 Å². The van der Waals surface area contributed by atoms with E-state index >= 15 is 0 Å². The van der Waals surface area contributed by atoms with Crippen molar-refractivity contribution in [1.82, 2.24) is 0 Å². The molecule has 0 aliphatic carbocycles. The Morgan fingerprint density at radius 2 is 1.06 bits per heavy atom. The molecule has 4 nitrogen and oxygen atoms in total. The van der Waals surface area contributed by atoms with E-state index in [0.717, 1.165) is 27.6 Å². The molecule has 0 aliphatic heterocycles. The van der Waals surface area contributed by atoms with Gasteiger partial charge in [0.25, 0.3) is 0 Å². The van der Waals surface area contributed by atoms with Crippen molar-refractivity contribution in [3.63, 3.8) is 0 Å². The Labute approximate surface area is 202 Å². The maximum atomic E-state index is 13.6. The molecule has 2 aromatic carbocycles. The largest absolute Gasteiger partial charge is 0.488 e. The first-order valence-corrected chi connectivity index (χ1v) is 12.5. The van der Waals surface area contributed by atoms with Gasteiger partial charge in [-0.15, -0.1) is 0 Å². The zero-order valence-electron chi connectivity index (χ0n) is 22.4. The van der Waals surface area contributed by atoms with E-state index in [2.05, 4.69) is 19.1 Å². The third-order valence-corrected chi connectivity index (χ3v) is 5.66. The second-order valence-electron chi connectivity index (χ2n) is 11.7. The molecule has 0 saturated carbocycles. The molecule has 182 valence electrons. The van der Waals surface area contributed by atoms with Crippen molar-refractivity contribution in [2.24, 2.45) is 0 Å². The van der Waals surface area contributed by atoms with E-state index in [9.17, 15) is 4.79 Å². The van der Waals surface area contributed by atoms with Crippen LogP contribution in [0, 0.1) is 20.8 Å². The number of rotatable bonds is 6. The van der Waals surface area contributed by atoms with E-state index in [0.29, 0.717) is 17.2 Å². The van der Waals surface area contributed by atoms with Gasteiger partial charge in [-0.1, -0.05) is 17.7 Å². The summed E-state index contributed by atoms with van der Waals surface area (Å²) in [5.41, 5.74) is 2.72. The van der Waals surface area contributed by atoms with Crippen molar-refractivity contribution in [3.05, 3.63) is 46.5 Å². The number of carbonyl (C=O) groups is 1. The molecule has 0 spiro atoms. The summed E-state index contributed by atoms with van der Waals surface area (Å²) < 4.78 is 18.9. The van der Waals surface area contributed by atoms with Crippen LogP contribution < -0.4 is 19.5 Å². The minimum absolute atomic E-state index is 0.0759. The van der Waals surface area contributed by atoms with E-state index in [-0.39, 0.29) is 19.7 Å². The summed E-state index contributed by atoms with van der Waals surface area (Å²) in [6.07, 6.45) is 0. The van der Waals surface area contributed by atoms with Gasteiger partial charge in [-0.25, -0.2) is 0 Å².